The van der Waals surface area contributed by atoms with Gasteiger partial charge in [-0.05, 0) is 75.0 Å². The van der Waals surface area contributed by atoms with E-state index in [0.29, 0.717) is 18.8 Å². The topological polar surface area (TPSA) is 78.8 Å². The molecular formula is C27H32N2O3S. The summed E-state index contributed by atoms with van der Waals surface area (Å²) >= 11 is 1.69. The summed E-state index contributed by atoms with van der Waals surface area (Å²) in [5, 5.41) is 12.4. The maximum absolute atomic E-state index is 13.3. The number of aliphatic imine (C=N–C) groups is 1. The molecule has 6 heteroatoms. The number of rotatable bonds is 6. The Labute approximate surface area is 199 Å². The molecule has 1 aliphatic carbocycles. The number of nitrogens with one attached hydrogen (secondary N) is 1. The highest BCUT2D eigenvalue weighted by Gasteiger charge is 2.29. The van der Waals surface area contributed by atoms with Crippen LogP contribution in [0.2, 0.25) is 0 Å². The molecule has 2 N–H and O–H groups in total. The fraction of sp³-hybridized carbons (Fsp3) is 0.444. The lowest BCUT2D eigenvalue weighted by Crippen LogP contribution is -2.39. The van der Waals surface area contributed by atoms with Crippen LogP contribution in [0.1, 0.15) is 63.3 Å². The smallest absolute Gasteiger partial charge is 0.306 e. The summed E-state index contributed by atoms with van der Waals surface area (Å²) < 4.78 is 0. The third kappa shape index (κ3) is 5.61. The molecule has 1 fully saturated rings. The van der Waals surface area contributed by atoms with Crippen molar-refractivity contribution < 1.29 is 14.7 Å². The predicted molar refractivity (Wildman–Crippen MR) is 134 cm³/mol. The molecule has 1 aromatic heterocycles. The fourth-order valence-electron chi connectivity index (χ4n) is 5.02. The number of carboxylic acid groups (broad SMARTS) is 1. The Morgan fingerprint density at radius 1 is 1.06 bits per heavy atom. The van der Waals surface area contributed by atoms with Crippen LogP contribution in [0.5, 0.6) is 0 Å². The normalized spacial score (nSPS) is 23.0. The molecule has 0 saturated heterocycles. The first-order valence-electron chi connectivity index (χ1n) is 11.8. The number of carboxylic acids is 1. The molecule has 1 amide bonds. The minimum Gasteiger partial charge on any atom is -0.481 e. The molecule has 174 valence electrons. The SMILES string of the molecule is Cc1sc(C)c(C(=O)NC2CCC(C(=O)O)CC2)c1CC1C=C(c2ccccc2)C=NCC1. The number of hydrogen-bond donors (Lipinski definition) is 2. The average molecular weight is 465 g/mol. The van der Waals surface area contributed by atoms with Gasteiger partial charge in [0.05, 0.1) is 11.5 Å². The van der Waals surface area contributed by atoms with E-state index in [1.807, 2.05) is 31.3 Å². The van der Waals surface area contributed by atoms with Crippen LogP contribution in [0.25, 0.3) is 5.57 Å². The minimum absolute atomic E-state index is 0.0113. The summed E-state index contributed by atoms with van der Waals surface area (Å²) in [6.45, 7) is 4.92. The highest BCUT2D eigenvalue weighted by Crippen LogP contribution is 2.33. The van der Waals surface area contributed by atoms with Gasteiger partial charge in [0, 0.05) is 28.6 Å². The molecule has 5 nitrogen and oxygen atoms in total. The van der Waals surface area contributed by atoms with Gasteiger partial charge < -0.3 is 10.4 Å². The van der Waals surface area contributed by atoms with Crippen molar-refractivity contribution in [1.82, 2.24) is 5.32 Å². The van der Waals surface area contributed by atoms with Crippen LogP contribution in [0.3, 0.4) is 0 Å². The van der Waals surface area contributed by atoms with E-state index < -0.39 is 5.97 Å². The van der Waals surface area contributed by atoms with E-state index in [1.165, 1.54) is 10.4 Å². The Kier molecular flexibility index (Phi) is 7.43. The van der Waals surface area contributed by atoms with Gasteiger partial charge in [-0.1, -0.05) is 36.4 Å². The van der Waals surface area contributed by atoms with E-state index in [9.17, 15) is 14.7 Å². The summed E-state index contributed by atoms with van der Waals surface area (Å²) in [5.41, 5.74) is 4.27. The largest absolute Gasteiger partial charge is 0.481 e. The van der Waals surface area contributed by atoms with Gasteiger partial charge in [0.1, 0.15) is 0 Å². The lowest BCUT2D eigenvalue weighted by Gasteiger charge is -2.27. The Bertz CT molecular complexity index is 1060. The van der Waals surface area contributed by atoms with Crippen LogP contribution in [0.4, 0.5) is 0 Å². The molecule has 2 heterocycles. The van der Waals surface area contributed by atoms with Gasteiger partial charge in [-0.25, -0.2) is 0 Å². The van der Waals surface area contributed by atoms with Crippen molar-refractivity contribution in [2.24, 2.45) is 16.8 Å². The van der Waals surface area contributed by atoms with Gasteiger partial charge in [-0.3, -0.25) is 14.6 Å². The van der Waals surface area contributed by atoms with Crippen molar-refractivity contribution in [1.29, 1.82) is 0 Å². The van der Waals surface area contributed by atoms with Crippen LogP contribution in [-0.4, -0.2) is 35.8 Å². The second kappa shape index (κ2) is 10.5. The van der Waals surface area contributed by atoms with Crippen molar-refractivity contribution >= 4 is 35.0 Å². The van der Waals surface area contributed by atoms with E-state index in [1.54, 1.807) is 11.3 Å². The fourth-order valence-corrected chi connectivity index (χ4v) is 6.11. The zero-order chi connectivity index (χ0) is 23.4. The zero-order valence-electron chi connectivity index (χ0n) is 19.3. The monoisotopic (exact) mass is 464 g/mol. The van der Waals surface area contributed by atoms with Gasteiger partial charge in [0.25, 0.3) is 5.91 Å². The van der Waals surface area contributed by atoms with E-state index in [4.69, 9.17) is 0 Å². The summed E-state index contributed by atoms with van der Waals surface area (Å²) in [6, 6.07) is 10.4. The molecule has 1 unspecified atom stereocenters. The average Bonchev–Trinajstić information content (AvgIpc) is 2.95. The first-order chi connectivity index (χ1) is 15.9. The molecule has 0 radical (unpaired) electrons. The maximum atomic E-state index is 13.3. The maximum Gasteiger partial charge on any atom is 0.306 e. The molecule has 0 bridgehead atoms. The Morgan fingerprint density at radius 3 is 2.48 bits per heavy atom. The van der Waals surface area contributed by atoms with Crippen molar-refractivity contribution in [3.63, 3.8) is 0 Å². The van der Waals surface area contributed by atoms with Gasteiger partial charge in [0.15, 0.2) is 0 Å². The molecular weight excluding hydrogens is 432 g/mol. The van der Waals surface area contributed by atoms with Crippen molar-refractivity contribution in [3.8, 4) is 0 Å². The van der Waals surface area contributed by atoms with Crippen LogP contribution >= 0.6 is 11.3 Å². The highest BCUT2D eigenvalue weighted by molar-refractivity contribution is 7.12. The summed E-state index contributed by atoms with van der Waals surface area (Å²) in [6.07, 6.45) is 8.78. The van der Waals surface area contributed by atoms with E-state index in [2.05, 4.69) is 35.4 Å². The third-order valence-electron chi connectivity index (χ3n) is 6.87. The lowest BCUT2D eigenvalue weighted by molar-refractivity contribution is -0.142. The number of amides is 1. The van der Waals surface area contributed by atoms with Gasteiger partial charge in [-0.15, -0.1) is 11.3 Å². The van der Waals surface area contributed by atoms with Crippen LogP contribution in [-0.2, 0) is 11.2 Å². The van der Waals surface area contributed by atoms with Crippen molar-refractivity contribution in [2.45, 2.75) is 58.4 Å². The molecule has 33 heavy (non-hydrogen) atoms. The lowest BCUT2D eigenvalue weighted by atomic mass is 9.86. The third-order valence-corrected chi connectivity index (χ3v) is 7.93. The Balaban J connectivity index is 1.50. The molecule has 1 aliphatic heterocycles. The number of aliphatic carboxylic acids is 1. The number of nitrogens with zero attached hydrogens (tertiary/aromatic N) is 1. The molecule has 4 rings (SSSR count). The first-order valence-corrected chi connectivity index (χ1v) is 12.6. The second-order valence-corrected chi connectivity index (χ2v) is 10.6. The molecule has 1 aromatic carbocycles. The number of carbonyl (C=O) groups is 2. The van der Waals surface area contributed by atoms with Crippen molar-refractivity contribution in [3.05, 3.63) is 62.9 Å². The quantitative estimate of drug-likeness (QED) is 0.596. The second-order valence-electron chi connectivity index (χ2n) is 9.20. The molecule has 2 aromatic rings. The number of benzene rings is 1. The van der Waals surface area contributed by atoms with E-state index in [-0.39, 0.29) is 17.9 Å². The summed E-state index contributed by atoms with van der Waals surface area (Å²) in [5.74, 6) is -0.695. The van der Waals surface area contributed by atoms with Crippen LogP contribution in [0.15, 0.2) is 41.4 Å². The van der Waals surface area contributed by atoms with Crippen molar-refractivity contribution in [2.75, 3.05) is 6.54 Å². The minimum atomic E-state index is -0.721. The summed E-state index contributed by atoms with van der Waals surface area (Å²) in [7, 11) is 0. The highest BCUT2D eigenvalue weighted by atomic mass is 32.1. The van der Waals surface area contributed by atoms with Gasteiger partial charge >= 0.3 is 5.97 Å². The Morgan fingerprint density at radius 2 is 1.79 bits per heavy atom. The summed E-state index contributed by atoms with van der Waals surface area (Å²) in [4.78, 5) is 31.4. The molecule has 0 spiro atoms. The molecule has 1 saturated carbocycles. The number of carbonyl (C=O) groups excluding carboxylic acids is 1. The molecule has 2 aliphatic rings. The number of hydrogen-bond acceptors (Lipinski definition) is 4. The predicted octanol–water partition coefficient (Wildman–Crippen LogP) is 5.45. The van der Waals surface area contributed by atoms with Crippen LogP contribution in [0, 0.1) is 25.7 Å². The van der Waals surface area contributed by atoms with E-state index >= 15 is 0 Å². The Hall–Kier alpha value is -2.73. The van der Waals surface area contributed by atoms with Gasteiger partial charge in [0.2, 0.25) is 0 Å². The molecule has 1 atom stereocenters. The number of aryl methyl sites for hydroxylation is 2. The zero-order valence-corrected chi connectivity index (χ0v) is 20.2. The first kappa shape index (κ1) is 23.4. The standard InChI is InChI=1S/C27H32N2O3S/c1-17-24(15-19-12-13-28-16-22(14-19)20-6-4-3-5-7-20)25(18(2)33-17)26(30)29-23-10-8-21(9-11-23)27(31)32/h3-7,14,16,19,21,23H,8-13,15H2,1-2H3,(H,29,30)(H,31,32). The van der Waals surface area contributed by atoms with Gasteiger partial charge in [-0.2, -0.15) is 0 Å². The number of thiophene rings is 1. The van der Waals surface area contributed by atoms with Crippen LogP contribution < -0.4 is 5.32 Å². The number of allylic oxidation sites excluding steroid dienone is 2. The van der Waals surface area contributed by atoms with E-state index in [0.717, 1.165) is 53.8 Å².